The molecule has 0 bridgehead atoms. The second-order valence-corrected chi connectivity index (χ2v) is 10.1. The molecule has 7 nitrogen and oxygen atoms in total. The summed E-state index contributed by atoms with van der Waals surface area (Å²) in [7, 11) is 3.74. The Morgan fingerprint density at radius 3 is 2.56 bits per heavy atom. The lowest BCUT2D eigenvalue weighted by Gasteiger charge is -2.31. The molecule has 0 saturated carbocycles. The number of pyridine rings is 1. The lowest BCUT2D eigenvalue weighted by molar-refractivity contribution is 0.200. The van der Waals surface area contributed by atoms with Gasteiger partial charge in [-0.25, -0.2) is 4.98 Å². The molecule has 3 aromatic heterocycles. The van der Waals surface area contributed by atoms with Crippen LogP contribution in [0.2, 0.25) is 0 Å². The van der Waals surface area contributed by atoms with Crippen molar-refractivity contribution in [1.82, 2.24) is 29.2 Å². The third-order valence-corrected chi connectivity index (χ3v) is 7.16. The van der Waals surface area contributed by atoms with Crippen LogP contribution < -0.4 is 5.56 Å². The van der Waals surface area contributed by atoms with E-state index in [9.17, 15) is 4.79 Å². The van der Waals surface area contributed by atoms with E-state index >= 15 is 0 Å². The van der Waals surface area contributed by atoms with Crippen molar-refractivity contribution >= 4 is 10.9 Å². The van der Waals surface area contributed by atoms with Crippen molar-refractivity contribution in [2.24, 2.45) is 14.1 Å². The Morgan fingerprint density at radius 1 is 1.15 bits per heavy atom. The van der Waals surface area contributed by atoms with Gasteiger partial charge in [-0.05, 0) is 74.0 Å². The van der Waals surface area contributed by atoms with Crippen molar-refractivity contribution in [1.29, 1.82) is 0 Å². The first-order valence-electron chi connectivity index (χ1n) is 12.2. The number of aromatic nitrogens is 5. The number of aryl methyl sites for hydroxylation is 3. The van der Waals surface area contributed by atoms with Gasteiger partial charge in [0.05, 0.1) is 12.2 Å². The number of hydrogen-bond donors (Lipinski definition) is 1. The van der Waals surface area contributed by atoms with Crippen LogP contribution in [0.1, 0.15) is 61.0 Å². The van der Waals surface area contributed by atoms with Crippen molar-refractivity contribution in [3.63, 3.8) is 0 Å². The molecule has 0 radical (unpaired) electrons. The fourth-order valence-corrected chi connectivity index (χ4v) is 5.41. The molecule has 1 aliphatic rings. The molecule has 5 rings (SSSR count). The van der Waals surface area contributed by atoms with E-state index in [1.807, 2.05) is 33.3 Å². The first kappa shape index (κ1) is 22.6. The van der Waals surface area contributed by atoms with Crippen molar-refractivity contribution in [3.8, 4) is 11.3 Å². The van der Waals surface area contributed by atoms with Gasteiger partial charge in [0.15, 0.2) is 5.82 Å². The Kier molecular flexibility index (Phi) is 5.90. The second kappa shape index (κ2) is 8.87. The van der Waals surface area contributed by atoms with E-state index < -0.39 is 0 Å². The molecule has 0 atom stereocenters. The highest BCUT2D eigenvalue weighted by atomic mass is 16.1. The number of benzene rings is 1. The van der Waals surface area contributed by atoms with Crippen LogP contribution in [0.5, 0.6) is 0 Å². The Morgan fingerprint density at radius 2 is 1.91 bits per heavy atom. The molecule has 4 heterocycles. The van der Waals surface area contributed by atoms with E-state index in [1.54, 1.807) is 15.6 Å². The quantitative estimate of drug-likeness (QED) is 0.479. The molecule has 1 aliphatic heterocycles. The molecule has 178 valence electrons. The standard InChI is InChI=1S/C27H34N6O/c1-17(2)25-22-13-20(19-8-10-33(11-9-19)15-24-28-16-32(5)30-24)6-7-23(22)29-26(25)21-12-18(3)27(34)31(4)14-21/h6-7,12-14,16-17,19,29H,8-11,15H2,1-5H3. The van der Waals surface area contributed by atoms with Crippen molar-refractivity contribution in [3.05, 3.63) is 69.7 Å². The van der Waals surface area contributed by atoms with Gasteiger partial charge >= 0.3 is 0 Å². The van der Waals surface area contributed by atoms with Gasteiger partial charge in [-0.2, -0.15) is 5.10 Å². The molecule has 34 heavy (non-hydrogen) atoms. The fraction of sp³-hybridized carbons (Fsp3) is 0.444. The fourth-order valence-electron chi connectivity index (χ4n) is 5.41. The van der Waals surface area contributed by atoms with Crippen molar-refractivity contribution in [2.45, 2.75) is 52.0 Å². The molecule has 0 amide bonds. The molecular weight excluding hydrogens is 424 g/mol. The molecule has 1 saturated heterocycles. The molecule has 0 aliphatic carbocycles. The highest BCUT2D eigenvalue weighted by molar-refractivity contribution is 5.92. The average molecular weight is 459 g/mol. The number of hydrogen-bond acceptors (Lipinski definition) is 4. The van der Waals surface area contributed by atoms with E-state index in [-0.39, 0.29) is 5.56 Å². The van der Waals surface area contributed by atoms with Gasteiger partial charge in [-0.15, -0.1) is 0 Å². The van der Waals surface area contributed by atoms with Crippen molar-refractivity contribution < 1.29 is 0 Å². The Balaban J connectivity index is 1.42. The molecule has 7 heteroatoms. The topological polar surface area (TPSA) is 71.7 Å². The van der Waals surface area contributed by atoms with Crippen molar-refractivity contribution in [2.75, 3.05) is 13.1 Å². The third kappa shape index (κ3) is 4.20. The summed E-state index contributed by atoms with van der Waals surface area (Å²) in [6.07, 6.45) is 6.00. The highest BCUT2D eigenvalue weighted by Crippen LogP contribution is 2.38. The smallest absolute Gasteiger partial charge is 0.253 e. The van der Waals surface area contributed by atoms with E-state index in [1.165, 1.54) is 16.5 Å². The molecule has 1 fully saturated rings. The number of fused-ring (bicyclic) bond motifs is 1. The zero-order valence-electron chi connectivity index (χ0n) is 20.8. The summed E-state index contributed by atoms with van der Waals surface area (Å²) in [5.74, 6) is 1.83. The van der Waals surface area contributed by atoms with E-state index in [0.29, 0.717) is 11.8 Å². The number of H-pyrrole nitrogens is 1. The zero-order chi connectivity index (χ0) is 24.0. The number of nitrogens with one attached hydrogen (secondary N) is 1. The normalized spacial score (nSPS) is 15.6. The Hall–Kier alpha value is -3.19. The summed E-state index contributed by atoms with van der Waals surface area (Å²) in [4.78, 5) is 22.7. The third-order valence-electron chi connectivity index (χ3n) is 7.16. The molecule has 4 aromatic rings. The van der Waals surface area contributed by atoms with Crippen LogP contribution in [-0.2, 0) is 20.6 Å². The number of nitrogens with zero attached hydrogens (tertiary/aromatic N) is 5. The number of piperidine rings is 1. The van der Waals surface area contributed by atoms with E-state index in [4.69, 9.17) is 0 Å². The van der Waals surface area contributed by atoms with Crippen LogP contribution in [0, 0.1) is 6.92 Å². The number of likely N-dealkylation sites (tertiary alicyclic amines) is 1. The Bertz CT molecular complexity index is 1360. The molecular formula is C27H34N6O. The SMILES string of the molecule is Cc1cc(-c2[nH]c3ccc(C4CCN(Cc5ncn(C)n5)CC4)cc3c2C(C)C)cn(C)c1=O. The van der Waals surface area contributed by atoms with Gasteiger partial charge in [0, 0.05) is 42.3 Å². The summed E-state index contributed by atoms with van der Waals surface area (Å²) in [5, 5.41) is 5.73. The highest BCUT2D eigenvalue weighted by Gasteiger charge is 2.23. The van der Waals surface area contributed by atoms with Gasteiger partial charge in [0.1, 0.15) is 6.33 Å². The van der Waals surface area contributed by atoms with Gasteiger partial charge in [-0.3, -0.25) is 14.4 Å². The van der Waals surface area contributed by atoms with Crippen LogP contribution in [-0.4, -0.2) is 42.3 Å². The van der Waals surface area contributed by atoms with Crippen LogP contribution in [0.4, 0.5) is 0 Å². The summed E-state index contributed by atoms with van der Waals surface area (Å²) < 4.78 is 3.45. The maximum absolute atomic E-state index is 12.2. The minimum Gasteiger partial charge on any atom is -0.354 e. The predicted octanol–water partition coefficient (Wildman–Crippen LogP) is 4.47. The van der Waals surface area contributed by atoms with Crippen LogP contribution >= 0.6 is 0 Å². The molecule has 0 spiro atoms. The summed E-state index contributed by atoms with van der Waals surface area (Å²) in [6, 6.07) is 8.94. The summed E-state index contributed by atoms with van der Waals surface area (Å²) in [6.45, 7) is 9.33. The van der Waals surface area contributed by atoms with Gasteiger partial charge in [0.25, 0.3) is 5.56 Å². The zero-order valence-corrected chi connectivity index (χ0v) is 20.8. The number of aromatic amines is 1. The minimum absolute atomic E-state index is 0.0541. The average Bonchev–Trinajstić information content (AvgIpc) is 3.40. The van der Waals surface area contributed by atoms with E-state index in [2.05, 4.69) is 52.0 Å². The first-order chi connectivity index (χ1) is 16.3. The largest absolute Gasteiger partial charge is 0.354 e. The van der Waals surface area contributed by atoms with Crippen LogP contribution in [0.3, 0.4) is 0 Å². The maximum atomic E-state index is 12.2. The maximum Gasteiger partial charge on any atom is 0.253 e. The second-order valence-electron chi connectivity index (χ2n) is 10.1. The van der Waals surface area contributed by atoms with Crippen LogP contribution in [0.25, 0.3) is 22.2 Å². The molecule has 1 N–H and O–H groups in total. The number of rotatable bonds is 5. The van der Waals surface area contributed by atoms with Gasteiger partial charge in [-0.1, -0.05) is 19.9 Å². The van der Waals surface area contributed by atoms with Gasteiger partial charge in [0.2, 0.25) is 0 Å². The summed E-state index contributed by atoms with van der Waals surface area (Å²) >= 11 is 0. The van der Waals surface area contributed by atoms with Gasteiger partial charge < -0.3 is 9.55 Å². The van der Waals surface area contributed by atoms with E-state index in [0.717, 1.165) is 60.6 Å². The van der Waals surface area contributed by atoms with Crippen LogP contribution in [0.15, 0.2) is 41.6 Å². The Labute approximate surface area is 200 Å². The predicted molar refractivity (Wildman–Crippen MR) is 136 cm³/mol. The lowest BCUT2D eigenvalue weighted by atomic mass is 9.87. The monoisotopic (exact) mass is 458 g/mol. The first-order valence-corrected chi connectivity index (χ1v) is 12.2. The lowest BCUT2D eigenvalue weighted by Crippen LogP contribution is -2.32. The summed E-state index contributed by atoms with van der Waals surface area (Å²) in [5.41, 5.74) is 6.92. The molecule has 0 unspecified atom stereocenters. The minimum atomic E-state index is 0.0541. The molecule has 1 aromatic carbocycles.